The molecule has 108 valence electrons. The van der Waals surface area contributed by atoms with Crippen LogP contribution in [-0.2, 0) is 9.59 Å². The molecule has 0 saturated carbocycles. The second kappa shape index (κ2) is 5.15. The number of anilines is 2. The number of fused-ring (bicyclic) bond motifs is 1. The van der Waals surface area contributed by atoms with Gasteiger partial charge in [0.15, 0.2) is 5.13 Å². The van der Waals surface area contributed by atoms with Gasteiger partial charge in [0, 0.05) is 11.8 Å². The number of nitrogen functional groups attached to an aromatic ring is 1. The molecule has 3 rings (SSSR count). The molecule has 4 N–H and O–H groups in total. The summed E-state index contributed by atoms with van der Waals surface area (Å²) in [7, 11) is 0. The van der Waals surface area contributed by atoms with Crippen LogP contribution in [0.4, 0.5) is 10.8 Å². The van der Waals surface area contributed by atoms with Gasteiger partial charge in [0.2, 0.25) is 0 Å². The lowest BCUT2D eigenvalue weighted by molar-refractivity contribution is -0.137. The van der Waals surface area contributed by atoms with Crippen molar-refractivity contribution in [1.82, 2.24) is 9.88 Å². The number of benzene rings is 1. The van der Waals surface area contributed by atoms with E-state index in [-0.39, 0.29) is 18.8 Å². The van der Waals surface area contributed by atoms with Crippen molar-refractivity contribution in [3.05, 3.63) is 30.0 Å². The largest absolute Gasteiger partial charge is 0.395 e. The van der Waals surface area contributed by atoms with E-state index in [4.69, 9.17) is 10.8 Å². The highest BCUT2D eigenvalue weighted by molar-refractivity contribution is 7.22. The smallest absolute Gasteiger partial charge is 0.277 e. The van der Waals surface area contributed by atoms with Gasteiger partial charge in [-0.25, -0.2) is 4.98 Å². The normalized spacial score (nSPS) is 14.9. The Morgan fingerprint density at radius 3 is 2.95 bits per heavy atom. The van der Waals surface area contributed by atoms with E-state index in [0.717, 1.165) is 15.1 Å². The van der Waals surface area contributed by atoms with Gasteiger partial charge in [-0.05, 0) is 18.2 Å². The predicted molar refractivity (Wildman–Crippen MR) is 79.5 cm³/mol. The highest BCUT2D eigenvalue weighted by Gasteiger charge is 2.30. The third kappa shape index (κ3) is 2.46. The SMILES string of the molecule is Nc1nc2cc(NC3=CC(=O)N(CCO)C3=O)ccc2s1. The average molecular weight is 304 g/mol. The summed E-state index contributed by atoms with van der Waals surface area (Å²) in [5.74, 6) is -0.887. The second-order valence-electron chi connectivity index (χ2n) is 4.44. The number of hydrogen-bond acceptors (Lipinski definition) is 7. The highest BCUT2D eigenvalue weighted by Crippen LogP contribution is 2.27. The molecule has 1 aliphatic heterocycles. The summed E-state index contributed by atoms with van der Waals surface area (Å²) in [6.07, 6.45) is 1.22. The van der Waals surface area contributed by atoms with Crippen molar-refractivity contribution in [1.29, 1.82) is 0 Å². The standard InChI is InChI=1S/C13H12N4O3S/c14-13-16-8-5-7(1-2-10(8)21-13)15-9-6-11(19)17(3-4-18)12(9)20/h1-2,5-6,15,18H,3-4H2,(H2,14,16). The van der Waals surface area contributed by atoms with Gasteiger partial charge in [-0.15, -0.1) is 0 Å². The first kappa shape index (κ1) is 13.5. The summed E-state index contributed by atoms with van der Waals surface area (Å²) in [6.45, 7) is -0.274. The molecule has 21 heavy (non-hydrogen) atoms. The van der Waals surface area contributed by atoms with Crippen molar-refractivity contribution in [2.24, 2.45) is 0 Å². The Bertz CT molecular complexity index is 768. The highest BCUT2D eigenvalue weighted by atomic mass is 32.1. The third-order valence-corrected chi connectivity index (χ3v) is 3.88. The van der Waals surface area contributed by atoms with Crippen molar-refractivity contribution >= 4 is 44.2 Å². The second-order valence-corrected chi connectivity index (χ2v) is 5.50. The van der Waals surface area contributed by atoms with Crippen LogP contribution in [0.25, 0.3) is 10.2 Å². The van der Waals surface area contributed by atoms with Gasteiger partial charge in [0.05, 0.1) is 23.4 Å². The fraction of sp³-hybridized carbons (Fsp3) is 0.154. The number of carbonyl (C=O) groups is 2. The minimum absolute atomic E-state index is 0.0129. The van der Waals surface area contributed by atoms with Gasteiger partial charge in [-0.3, -0.25) is 14.5 Å². The maximum Gasteiger partial charge on any atom is 0.277 e. The van der Waals surface area contributed by atoms with E-state index in [2.05, 4.69) is 10.3 Å². The van der Waals surface area contributed by atoms with E-state index < -0.39 is 11.8 Å². The first-order chi connectivity index (χ1) is 10.1. The maximum atomic E-state index is 12.0. The Labute approximate surface area is 123 Å². The van der Waals surface area contributed by atoms with E-state index in [1.54, 1.807) is 12.1 Å². The van der Waals surface area contributed by atoms with Crippen molar-refractivity contribution in [2.45, 2.75) is 0 Å². The van der Waals surface area contributed by atoms with Crippen LogP contribution in [0.3, 0.4) is 0 Å². The van der Waals surface area contributed by atoms with E-state index in [9.17, 15) is 9.59 Å². The van der Waals surface area contributed by atoms with Crippen LogP contribution in [-0.4, -0.2) is 40.0 Å². The van der Waals surface area contributed by atoms with E-state index in [1.165, 1.54) is 17.4 Å². The van der Waals surface area contributed by atoms with Crippen LogP contribution >= 0.6 is 11.3 Å². The summed E-state index contributed by atoms with van der Waals surface area (Å²) in [5, 5.41) is 12.2. The zero-order valence-electron chi connectivity index (χ0n) is 10.9. The lowest BCUT2D eigenvalue weighted by Crippen LogP contribution is -2.34. The number of nitrogens with one attached hydrogen (secondary N) is 1. The van der Waals surface area contributed by atoms with Crippen LogP contribution < -0.4 is 11.1 Å². The molecule has 0 unspecified atom stereocenters. The Hall–Kier alpha value is -2.45. The van der Waals surface area contributed by atoms with Gasteiger partial charge in [-0.2, -0.15) is 0 Å². The average Bonchev–Trinajstić information content (AvgIpc) is 2.93. The molecule has 0 atom stereocenters. The fourth-order valence-corrected chi connectivity index (χ4v) is 2.80. The van der Waals surface area contributed by atoms with Crippen LogP contribution in [0.1, 0.15) is 0 Å². The van der Waals surface area contributed by atoms with Gasteiger partial charge >= 0.3 is 0 Å². The van der Waals surface area contributed by atoms with Crippen molar-refractivity contribution < 1.29 is 14.7 Å². The van der Waals surface area contributed by atoms with Crippen LogP contribution in [0.5, 0.6) is 0 Å². The van der Waals surface area contributed by atoms with Crippen LogP contribution in [0.15, 0.2) is 30.0 Å². The Balaban J connectivity index is 1.83. The van der Waals surface area contributed by atoms with Gasteiger partial charge in [0.1, 0.15) is 5.70 Å². The third-order valence-electron chi connectivity index (χ3n) is 3.02. The number of carbonyl (C=O) groups excluding carboxylic acids is 2. The van der Waals surface area contributed by atoms with Crippen LogP contribution in [0, 0.1) is 0 Å². The Morgan fingerprint density at radius 2 is 2.19 bits per heavy atom. The number of amides is 2. The zero-order valence-corrected chi connectivity index (χ0v) is 11.7. The Morgan fingerprint density at radius 1 is 1.38 bits per heavy atom. The molecule has 0 fully saturated rings. The molecule has 0 bridgehead atoms. The van der Waals surface area contributed by atoms with Gasteiger partial charge in [-0.1, -0.05) is 11.3 Å². The maximum absolute atomic E-state index is 12.0. The molecular formula is C13H12N4O3S. The monoisotopic (exact) mass is 304 g/mol. The molecule has 1 aromatic heterocycles. The molecule has 0 saturated heterocycles. The molecule has 0 aliphatic carbocycles. The van der Waals surface area contributed by atoms with Crippen LogP contribution in [0.2, 0.25) is 0 Å². The van der Waals surface area contributed by atoms with Crippen molar-refractivity contribution in [2.75, 3.05) is 24.2 Å². The lowest BCUT2D eigenvalue weighted by atomic mass is 10.3. The number of nitrogens with zero attached hydrogens (tertiary/aromatic N) is 2. The number of aliphatic hydroxyl groups is 1. The molecule has 1 aliphatic rings. The number of thiazole rings is 1. The number of aromatic nitrogens is 1. The molecule has 1 aromatic carbocycles. The summed E-state index contributed by atoms with van der Waals surface area (Å²) in [5.41, 5.74) is 7.19. The molecule has 8 heteroatoms. The quantitative estimate of drug-likeness (QED) is 0.711. The van der Waals surface area contributed by atoms with Crippen molar-refractivity contribution in [3.8, 4) is 0 Å². The summed E-state index contributed by atoms with van der Waals surface area (Å²) < 4.78 is 0.947. The number of rotatable bonds is 4. The first-order valence-electron chi connectivity index (χ1n) is 6.20. The molecule has 0 radical (unpaired) electrons. The molecule has 7 nitrogen and oxygen atoms in total. The molecular weight excluding hydrogens is 292 g/mol. The fourth-order valence-electron chi connectivity index (χ4n) is 2.09. The number of hydrogen-bond donors (Lipinski definition) is 3. The summed E-state index contributed by atoms with van der Waals surface area (Å²) in [6, 6.07) is 5.39. The number of β-amino-alcohol motifs (C(OH)–C–C–N with tert-alkyl or cyclic N) is 1. The molecule has 2 heterocycles. The van der Waals surface area contributed by atoms with E-state index in [0.29, 0.717) is 10.8 Å². The number of imide groups is 1. The van der Waals surface area contributed by atoms with Crippen molar-refractivity contribution in [3.63, 3.8) is 0 Å². The minimum Gasteiger partial charge on any atom is -0.395 e. The summed E-state index contributed by atoms with van der Waals surface area (Å²) >= 11 is 1.38. The topological polar surface area (TPSA) is 109 Å². The minimum atomic E-state index is -0.452. The summed E-state index contributed by atoms with van der Waals surface area (Å²) in [4.78, 5) is 28.8. The Kier molecular flexibility index (Phi) is 3.32. The van der Waals surface area contributed by atoms with E-state index >= 15 is 0 Å². The zero-order chi connectivity index (χ0) is 15.0. The molecule has 2 aromatic rings. The number of nitrogens with two attached hydrogens (primary N) is 1. The van der Waals surface area contributed by atoms with E-state index in [1.807, 2.05) is 6.07 Å². The van der Waals surface area contributed by atoms with Gasteiger partial charge < -0.3 is 16.2 Å². The molecule has 2 amide bonds. The predicted octanol–water partition coefficient (Wildman–Crippen LogP) is 0.535. The number of aliphatic hydroxyl groups excluding tert-OH is 1. The lowest BCUT2D eigenvalue weighted by Gasteiger charge is -2.13. The first-order valence-corrected chi connectivity index (χ1v) is 7.01. The van der Waals surface area contributed by atoms with Gasteiger partial charge in [0.25, 0.3) is 11.8 Å². The molecule has 0 spiro atoms.